The lowest BCUT2D eigenvalue weighted by Crippen LogP contribution is -2.43. The molecule has 2 N–H and O–H groups in total. The van der Waals surface area contributed by atoms with Crippen LogP contribution in [-0.2, 0) is 16.1 Å². The minimum atomic E-state index is -0.391. The molecule has 0 saturated heterocycles. The van der Waals surface area contributed by atoms with Gasteiger partial charge < -0.3 is 15.2 Å². The van der Waals surface area contributed by atoms with E-state index < -0.39 is 5.97 Å². The summed E-state index contributed by atoms with van der Waals surface area (Å²) in [4.78, 5) is 15.4. The van der Waals surface area contributed by atoms with Crippen molar-refractivity contribution in [3.63, 3.8) is 0 Å². The third kappa shape index (κ3) is 4.61. The van der Waals surface area contributed by atoms with Crippen LogP contribution in [0.3, 0.4) is 0 Å². The quantitative estimate of drug-likeness (QED) is 0.763. The van der Waals surface area contributed by atoms with E-state index in [1.54, 1.807) is 12.1 Å². The first-order chi connectivity index (χ1) is 9.04. The molecule has 1 rings (SSSR count). The van der Waals surface area contributed by atoms with Gasteiger partial charge in [0.05, 0.1) is 31.6 Å². The van der Waals surface area contributed by atoms with Crippen molar-refractivity contribution in [3.05, 3.63) is 29.6 Å². The van der Waals surface area contributed by atoms with E-state index in [-0.39, 0.29) is 5.54 Å². The first-order valence-corrected chi connectivity index (χ1v) is 6.44. The van der Waals surface area contributed by atoms with Gasteiger partial charge in [-0.15, -0.1) is 0 Å². The summed E-state index contributed by atoms with van der Waals surface area (Å²) in [7, 11) is 1.34. The lowest BCUT2D eigenvalue weighted by molar-refractivity contribution is 0.0598. The summed E-state index contributed by atoms with van der Waals surface area (Å²) in [6.07, 6.45) is 3.23. The van der Waals surface area contributed by atoms with Crippen molar-refractivity contribution >= 4 is 5.97 Å². The molecule has 5 nitrogen and oxygen atoms in total. The van der Waals surface area contributed by atoms with Crippen molar-refractivity contribution in [1.82, 2.24) is 4.98 Å². The van der Waals surface area contributed by atoms with Gasteiger partial charge in [0, 0.05) is 11.7 Å². The predicted octanol–water partition coefficient (Wildman–Crippen LogP) is 1.90. The lowest BCUT2D eigenvalue weighted by atomic mass is 9.96. The topological polar surface area (TPSA) is 74.4 Å². The summed E-state index contributed by atoms with van der Waals surface area (Å²) in [6.45, 7) is 4.99. The molecule has 0 atom stereocenters. The van der Waals surface area contributed by atoms with Gasteiger partial charge in [-0.3, -0.25) is 4.98 Å². The second-order valence-electron chi connectivity index (χ2n) is 4.59. The Bertz CT molecular complexity index is 400. The molecular formula is C14H22N2O3. The molecule has 0 radical (unpaired) electrons. The van der Waals surface area contributed by atoms with Gasteiger partial charge in [0.1, 0.15) is 0 Å². The van der Waals surface area contributed by atoms with Crippen LogP contribution in [0, 0.1) is 0 Å². The number of nitrogens with zero attached hydrogens (tertiary/aromatic N) is 1. The highest BCUT2D eigenvalue weighted by atomic mass is 16.5. The molecule has 0 aliphatic heterocycles. The maximum Gasteiger partial charge on any atom is 0.339 e. The molecule has 5 heteroatoms. The number of aromatic nitrogens is 1. The second kappa shape index (κ2) is 7.21. The van der Waals surface area contributed by atoms with E-state index in [0.29, 0.717) is 18.8 Å². The Balaban J connectivity index is 2.48. The minimum Gasteiger partial charge on any atom is -0.465 e. The summed E-state index contributed by atoms with van der Waals surface area (Å²) in [6, 6.07) is 3.43. The first kappa shape index (κ1) is 15.6. The maximum absolute atomic E-state index is 11.2. The summed E-state index contributed by atoms with van der Waals surface area (Å²) in [5.74, 6) is -0.391. The third-order valence-corrected chi connectivity index (χ3v) is 3.29. The molecule has 1 heterocycles. The highest BCUT2D eigenvalue weighted by Gasteiger charge is 2.20. The van der Waals surface area contributed by atoms with E-state index in [0.717, 1.165) is 18.5 Å². The van der Waals surface area contributed by atoms with E-state index in [1.807, 2.05) is 0 Å². The van der Waals surface area contributed by atoms with E-state index in [2.05, 4.69) is 23.6 Å². The van der Waals surface area contributed by atoms with E-state index in [1.165, 1.54) is 13.3 Å². The van der Waals surface area contributed by atoms with Crippen LogP contribution < -0.4 is 5.73 Å². The number of pyridine rings is 1. The fourth-order valence-electron chi connectivity index (χ4n) is 1.56. The molecule has 0 bridgehead atoms. The largest absolute Gasteiger partial charge is 0.465 e. The van der Waals surface area contributed by atoms with Crippen LogP contribution in [0.2, 0.25) is 0 Å². The van der Waals surface area contributed by atoms with E-state index in [9.17, 15) is 4.79 Å². The smallest absolute Gasteiger partial charge is 0.339 e. The number of esters is 1. The number of rotatable bonds is 7. The Hall–Kier alpha value is -1.46. The Labute approximate surface area is 114 Å². The Kier molecular flexibility index (Phi) is 5.92. The highest BCUT2D eigenvalue weighted by molar-refractivity contribution is 5.88. The summed E-state index contributed by atoms with van der Waals surface area (Å²) >= 11 is 0. The van der Waals surface area contributed by atoms with Gasteiger partial charge in [0.2, 0.25) is 0 Å². The third-order valence-electron chi connectivity index (χ3n) is 3.29. The summed E-state index contributed by atoms with van der Waals surface area (Å²) in [5.41, 5.74) is 7.06. The molecule has 0 unspecified atom stereocenters. The normalized spacial score (nSPS) is 11.4. The number of nitrogens with two attached hydrogens (primary N) is 1. The molecule has 1 aromatic rings. The Morgan fingerprint density at radius 3 is 2.53 bits per heavy atom. The zero-order valence-corrected chi connectivity index (χ0v) is 11.8. The van der Waals surface area contributed by atoms with Gasteiger partial charge in [-0.2, -0.15) is 0 Å². The van der Waals surface area contributed by atoms with Crippen molar-refractivity contribution in [2.24, 2.45) is 5.73 Å². The van der Waals surface area contributed by atoms with Crippen LogP contribution in [0.4, 0.5) is 0 Å². The zero-order chi connectivity index (χ0) is 14.3. The fourth-order valence-corrected chi connectivity index (χ4v) is 1.56. The molecule has 0 aliphatic rings. The van der Waals surface area contributed by atoms with E-state index in [4.69, 9.17) is 10.5 Å². The molecule has 0 fully saturated rings. The summed E-state index contributed by atoms with van der Waals surface area (Å²) in [5, 5.41) is 0. The molecule has 1 aromatic heterocycles. The van der Waals surface area contributed by atoms with E-state index >= 15 is 0 Å². The van der Waals surface area contributed by atoms with Crippen molar-refractivity contribution in [2.75, 3.05) is 13.7 Å². The van der Waals surface area contributed by atoms with Crippen LogP contribution in [-0.4, -0.2) is 30.2 Å². The Morgan fingerprint density at radius 1 is 1.37 bits per heavy atom. The van der Waals surface area contributed by atoms with Crippen molar-refractivity contribution in [1.29, 1.82) is 0 Å². The molecular weight excluding hydrogens is 244 g/mol. The second-order valence-corrected chi connectivity index (χ2v) is 4.59. The van der Waals surface area contributed by atoms with Crippen molar-refractivity contribution in [2.45, 2.75) is 38.8 Å². The van der Waals surface area contributed by atoms with Gasteiger partial charge in [-0.05, 0) is 25.0 Å². The number of hydrogen-bond donors (Lipinski definition) is 1. The number of carbonyl (C=O) groups excluding carboxylic acids is 1. The maximum atomic E-state index is 11.2. The number of carbonyl (C=O) groups is 1. The van der Waals surface area contributed by atoms with Crippen LogP contribution in [0.5, 0.6) is 0 Å². The monoisotopic (exact) mass is 266 g/mol. The van der Waals surface area contributed by atoms with Crippen LogP contribution >= 0.6 is 0 Å². The highest BCUT2D eigenvalue weighted by Crippen LogP contribution is 2.12. The predicted molar refractivity (Wildman–Crippen MR) is 72.7 cm³/mol. The number of hydrogen-bond acceptors (Lipinski definition) is 5. The number of methoxy groups -OCH3 is 1. The Morgan fingerprint density at radius 2 is 2.05 bits per heavy atom. The molecule has 0 saturated carbocycles. The van der Waals surface area contributed by atoms with Crippen LogP contribution in [0.1, 0.15) is 42.7 Å². The zero-order valence-electron chi connectivity index (χ0n) is 11.8. The minimum absolute atomic E-state index is 0.272. The molecule has 0 amide bonds. The van der Waals surface area contributed by atoms with Crippen LogP contribution in [0.15, 0.2) is 18.3 Å². The van der Waals surface area contributed by atoms with Gasteiger partial charge in [0.25, 0.3) is 0 Å². The van der Waals surface area contributed by atoms with Crippen molar-refractivity contribution < 1.29 is 14.3 Å². The lowest BCUT2D eigenvalue weighted by Gasteiger charge is -2.26. The summed E-state index contributed by atoms with van der Waals surface area (Å²) < 4.78 is 10.2. The molecule has 19 heavy (non-hydrogen) atoms. The van der Waals surface area contributed by atoms with Gasteiger partial charge >= 0.3 is 5.97 Å². The first-order valence-electron chi connectivity index (χ1n) is 6.44. The van der Waals surface area contributed by atoms with Gasteiger partial charge in [-0.25, -0.2) is 4.79 Å². The standard InChI is InChI=1S/C14H22N2O3/c1-4-14(15,5-2)10-19-9-12-7-6-11(8-16-12)13(17)18-3/h6-8H,4-5,9-10,15H2,1-3H3. The fraction of sp³-hybridized carbons (Fsp3) is 0.571. The molecule has 106 valence electrons. The van der Waals surface area contributed by atoms with Crippen LogP contribution in [0.25, 0.3) is 0 Å². The van der Waals surface area contributed by atoms with Crippen molar-refractivity contribution in [3.8, 4) is 0 Å². The van der Waals surface area contributed by atoms with Gasteiger partial charge in [-0.1, -0.05) is 13.8 Å². The molecule has 0 aliphatic carbocycles. The molecule has 0 spiro atoms. The SMILES string of the molecule is CCC(N)(CC)COCc1ccc(C(=O)OC)cn1. The molecule has 0 aromatic carbocycles. The number of ether oxygens (including phenoxy) is 2. The average molecular weight is 266 g/mol. The van der Waals surface area contributed by atoms with Gasteiger partial charge in [0.15, 0.2) is 0 Å². The average Bonchev–Trinajstić information content (AvgIpc) is 2.47.